The Morgan fingerprint density at radius 1 is 1.05 bits per heavy atom. The zero-order valence-corrected chi connectivity index (χ0v) is 12.1. The lowest BCUT2D eigenvalue weighted by Crippen LogP contribution is -2.19. The minimum absolute atomic E-state index is 0.0775. The van der Waals surface area contributed by atoms with Gasteiger partial charge in [0.05, 0.1) is 0 Å². The number of aryl methyl sites for hydroxylation is 2. The predicted octanol–water partition coefficient (Wildman–Crippen LogP) is 3.57. The second-order valence-electron chi connectivity index (χ2n) is 5.28. The van der Waals surface area contributed by atoms with Crippen molar-refractivity contribution in [1.82, 2.24) is 5.32 Å². The molecule has 0 aliphatic carbocycles. The summed E-state index contributed by atoms with van der Waals surface area (Å²) in [5.74, 6) is 0.194. The van der Waals surface area contributed by atoms with Crippen LogP contribution in [0, 0.1) is 13.8 Å². The summed E-state index contributed by atoms with van der Waals surface area (Å²) in [7, 11) is 0. The van der Waals surface area contributed by atoms with Crippen molar-refractivity contribution in [2.75, 3.05) is 0 Å². The van der Waals surface area contributed by atoms with Gasteiger partial charge < -0.3 is 15.5 Å². The quantitative estimate of drug-likeness (QED) is 0.797. The summed E-state index contributed by atoms with van der Waals surface area (Å²) in [5.41, 5.74) is 4.56. The van der Waals surface area contributed by atoms with Crippen LogP contribution in [0.4, 0.5) is 0 Å². The Morgan fingerprint density at radius 3 is 2.45 bits per heavy atom. The number of aromatic hydroxyl groups is 2. The fraction of sp³-hybridized carbons (Fsp3) is 0.294. The van der Waals surface area contributed by atoms with Gasteiger partial charge in [-0.1, -0.05) is 29.8 Å². The smallest absolute Gasteiger partial charge is 0.123 e. The van der Waals surface area contributed by atoms with E-state index in [2.05, 4.69) is 44.3 Å². The van der Waals surface area contributed by atoms with E-state index in [9.17, 15) is 10.2 Å². The molecule has 106 valence electrons. The summed E-state index contributed by atoms with van der Waals surface area (Å²) >= 11 is 0. The summed E-state index contributed by atoms with van der Waals surface area (Å²) < 4.78 is 0. The molecule has 1 atom stereocenters. The van der Waals surface area contributed by atoms with Crippen LogP contribution in [0.1, 0.15) is 35.2 Å². The molecule has 0 heterocycles. The highest BCUT2D eigenvalue weighted by molar-refractivity contribution is 5.39. The highest BCUT2D eigenvalue weighted by atomic mass is 16.3. The van der Waals surface area contributed by atoms with Crippen LogP contribution in [0.3, 0.4) is 0 Å². The van der Waals surface area contributed by atoms with E-state index in [1.54, 1.807) is 12.1 Å². The van der Waals surface area contributed by atoms with Gasteiger partial charge in [0, 0.05) is 24.2 Å². The maximum Gasteiger partial charge on any atom is 0.123 e. The lowest BCUT2D eigenvalue weighted by atomic mass is 10.00. The van der Waals surface area contributed by atoms with Gasteiger partial charge in [-0.15, -0.1) is 0 Å². The Hall–Kier alpha value is -2.00. The molecule has 20 heavy (non-hydrogen) atoms. The van der Waals surface area contributed by atoms with Crippen LogP contribution in [-0.4, -0.2) is 10.2 Å². The molecule has 3 nitrogen and oxygen atoms in total. The first-order valence-electron chi connectivity index (χ1n) is 6.79. The molecule has 3 N–H and O–H groups in total. The Balaban J connectivity index is 2.06. The zero-order valence-electron chi connectivity index (χ0n) is 12.1. The molecule has 2 rings (SSSR count). The van der Waals surface area contributed by atoms with Crippen molar-refractivity contribution in [3.63, 3.8) is 0 Å². The molecule has 0 fully saturated rings. The van der Waals surface area contributed by atoms with Crippen molar-refractivity contribution in [2.45, 2.75) is 33.4 Å². The number of phenolic OH excluding ortho intramolecular Hbond substituents is 2. The monoisotopic (exact) mass is 271 g/mol. The number of phenols is 2. The highest BCUT2D eigenvalue weighted by Crippen LogP contribution is 2.24. The molecule has 0 bridgehead atoms. The number of rotatable bonds is 4. The van der Waals surface area contributed by atoms with E-state index >= 15 is 0 Å². The van der Waals surface area contributed by atoms with E-state index in [1.165, 1.54) is 22.8 Å². The molecule has 0 radical (unpaired) electrons. The first kappa shape index (κ1) is 14.4. The van der Waals surface area contributed by atoms with Gasteiger partial charge in [0.2, 0.25) is 0 Å². The third kappa shape index (κ3) is 3.31. The average molecular weight is 271 g/mol. The topological polar surface area (TPSA) is 52.5 Å². The van der Waals surface area contributed by atoms with Crippen LogP contribution in [-0.2, 0) is 6.54 Å². The Bertz CT molecular complexity index is 608. The SMILES string of the molecule is Cc1ccc(C(C)NCc2ccc(O)cc2O)c(C)c1. The lowest BCUT2D eigenvalue weighted by Gasteiger charge is -2.17. The number of hydrogen-bond donors (Lipinski definition) is 3. The summed E-state index contributed by atoms with van der Waals surface area (Å²) in [6.07, 6.45) is 0. The highest BCUT2D eigenvalue weighted by Gasteiger charge is 2.09. The molecule has 0 aliphatic rings. The molecule has 0 saturated heterocycles. The second-order valence-corrected chi connectivity index (χ2v) is 5.28. The molecule has 3 heteroatoms. The first-order chi connectivity index (χ1) is 9.47. The lowest BCUT2D eigenvalue weighted by molar-refractivity contribution is 0.441. The van der Waals surface area contributed by atoms with Gasteiger partial charge in [-0.3, -0.25) is 0 Å². The maximum absolute atomic E-state index is 9.77. The van der Waals surface area contributed by atoms with Crippen LogP contribution >= 0.6 is 0 Å². The van der Waals surface area contributed by atoms with Gasteiger partial charge >= 0.3 is 0 Å². The summed E-state index contributed by atoms with van der Waals surface area (Å²) in [5, 5.41) is 22.4. The van der Waals surface area contributed by atoms with Gasteiger partial charge in [-0.25, -0.2) is 0 Å². The third-order valence-corrected chi connectivity index (χ3v) is 3.56. The van der Waals surface area contributed by atoms with Crippen molar-refractivity contribution in [3.05, 3.63) is 58.7 Å². The van der Waals surface area contributed by atoms with E-state index < -0.39 is 0 Å². The maximum atomic E-state index is 9.77. The molecular weight excluding hydrogens is 250 g/mol. The van der Waals surface area contributed by atoms with Gasteiger partial charge in [0.25, 0.3) is 0 Å². The van der Waals surface area contributed by atoms with E-state index in [4.69, 9.17) is 0 Å². The molecule has 0 aliphatic heterocycles. The fourth-order valence-corrected chi connectivity index (χ4v) is 2.39. The Labute approximate surface area is 119 Å². The molecule has 2 aromatic carbocycles. The van der Waals surface area contributed by atoms with Crippen molar-refractivity contribution < 1.29 is 10.2 Å². The van der Waals surface area contributed by atoms with Gasteiger partial charge in [-0.05, 0) is 38.0 Å². The molecule has 0 spiro atoms. The molecule has 0 aromatic heterocycles. The molecule has 1 unspecified atom stereocenters. The Morgan fingerprint density at radius 2 is 1.80 bits per heavy atom. The largest absolute Gasteiger partial charge is 0.508 e. The number of benzene rings is 2. The minimum Gasteiger partial charge on any atom is -0.508 e. The van der Waals surface area contributed by atoms with E-state index in [0.29, 0.717) is 6.54 Å². The van der Waals surface area contributed by atoms with E-state index in [-0.39, 0.29) is 17.5 Å². The standard InChI is InChI=1S/C17H21NO2/c1-11-4-7-16(12(2)8-11)13(3)18-10-14-5-6-15(19)9-17(14)20/h4-9,13,18-20H,10H2,1-3H3. The van der Waals surface area contributed by atoms with Gasteiger partial charge in [0.1, 0.15) is 11.5 Å². The van der Waals surface area contributed by atoms with Crippen LogP contribution < -0.4 is 5.32 Å². The molecule has 2 aromatic rings. The zero-order chi connectivity index (χ0) is 14.7. The average Bonchev–Trinajstić information content (AvgIpc) is 2.37. The van der Waals surface area contributed by atoms with Crippen LogP contribution in [0.15, 0.2) is 36.4 Å². The number of hydrogen-bond acceptors (Lipinski definition) is 3. The number of nitrogens with one attached hydrogen (secondary N) is 1. The van der Waals surface area contributed by atoms with E-state index in [1.807, 2.05) is 0 Å². The van der Waals surface area contributed by atoms with Gasteiger partial charge in [-0.2, -0.15) is 0 Å². The third-order valence-electron chi connectivity index (χ3n) is 3.56. The summed E-state index contributed by atoms with van der Waals surface area (Å²) in [6, 6.07) is 11.3. The van der Waals surface area contributed by atoms with Crippen molar-refractivity contribution in [3.8, 4) is 11.5 Å². The Kier molecular flexibility index (Phi) is 4.30. The van der Waals surface area contributed by atoms with Crippen molar-refractivity contribution >= 4 is 0 Å². The molecular formula is C17H21NO2. The molecule has 0 amide bonds. The van der Waals surface area contributed by atoms with E-state index in [0.717, 1.165) is 5.56 Å². The summed E-state index contributed by atoms with van der Waals surface area (Å²) in [6.45, 7) is 6.86. The minimum atomic E-state index is 0.0775. The second kappa shape index (κ2) is 5.97. The normalized spacial score (nSPS) is 12.3. The van der Waals surface area contributed by atoms with Crippen LogP contribution in [0.5, 0.6) is 11.5 Å². The summed E-state index contributed by atoms with van der Waals surface area (Å²) in [4.78, 5) is 0. The molecule has 0 saturated carbocycles. The van der Waals surface area contributed by atoms with Crippen molar-refractivity contribution in [1.29, 1.82) is 0 Å². The van der Waals surface area contributed by atoms with Crippen LogP contribution in [0.2, 0.25) is 0 Å². The predicted molar refractivity (Wildman–Crippen MR) is 80.9 cm³/mol. The van der Waals surface area contributed by atoms with Gasteiger partial charge in [0.15, 0.2) is 0 Å². The van der Waals surface area contributed by atoms with Crippen LogP contribution in [0.25, 0.3) is 0 Å². The van der Waals surface area contributed by atoms with Crippen molar-refractivity contribution in [2.24, 2.45) is 0 Å². The fourth-order valence-electron chi connectivity index (χ4n) is 2.39. The first-order valence-corrected chi connectivity index (χ1v) is 6.79.